The third kappa shape index (κ3) is 2.41. The predicted molar refractivity (Wildman–Crippen MR) is 80.4 cm³/mol. The normalized spacial score (nSPS) is 12.9. The zero-order valence-electron chi connectivity index (χ0n) is 11.1. The van der Waals surface area contributed by atoms with Crippen molar-refractivity contribution in [3.8, 4) is 0 Å². The molecule has 1 atom stereocenters. The summed E-state index contributed by atoms with van der Waals surface area (Å²) < 4.78 is 1.37. The highest BCUT2D eigenvalue weighted by molar-refractivity contribution is 7.19. The van der Waals surface area contributed by atoms with Gasteiger partial charge < -0.3 is 10.3 Å². The summed E-state index contributed by atoms with van der Waals surface area (Å²) in [6.07, 6.45) is 3.57. The number of hydrogen-bond donors (Lipinski definition) is 2. The van der Waals surface area contributed by atoms with E-state index in [9.17, 15) is 0 Å². The Morgan fingerprint density at radius 2 is 2.21 bits per heavy atom. The molecular formula is C15H17N3S. The van der Waals surface area contributed by atoms with Gasteiger partial charge in [0.25, 0.3) is 0 Å². The van der Waals surface area contributed by atoms with Crippen LogP contribution >= 0.6 is 11.3 Å². The molecule has 3 nitrogen and oxygen atoms in total. The van der Waals surface area contributed by atoms with Gasteiger partial charge in [-0.3, -0.25) is 0 Å². The average molecular weight is 271 g/mol. The number of aromatic nitrogens is 2. The summed E-state index contributed by atoms with van der Waals surface area (Å²) >= 11 is 1.88. The van der Waals surface area contributed by atoms with Crippen molar-refractivity contribution in [1.82, 2.24) is 15.3 Å². The van der Waals surface area contributed by atoms with Crippen molar-refractivity contribution in [2.24, 2.45) is 0 Å². The average Bonchev–Trinajstić information content (AvgIpc) is 3.05. The molecule has 2 N–H and O–H groups in total. The largest absolute Gasteiger partial charge is 0.347 e. The van der Waals surface area contributed by atoms with Crippen molar-refractivity contribution in [3.05, 3.63) is 52.9 Å². The number of aromatic amines is 1. The fourth-order valence-corrected chi connectivity index (χ4v) is 3.58. The van der Waals surface area contributed by atoms with Crippen LogP contribution in [0.2, 0.25) is 0 Å². The summed E-state index contributed by atoms with van der Waals surface area (Å²) in [5, 5.41) is 4.92. The van der Waals surface area contributed by atoms with E-state index < -0.39 is 0 Å². The number of benzene rings is 1. The first-order valence-corrected chi connectivity index (χ1v) is 7.26. The van der Waals surface area contributed by atoms with Gasteiger partial charge >= 0.3 is 0 Å². The van der Waals surface area contributed by atoms with E-state index >= 15 is 0 Å². The van der Waals surface area contributed by atoms with Gasteiger partial charge in [-0.05, 0) is 30.9 Å². The van der Waals surface area contributed by atoms with E-state index in [1.165, 1.54) is 20.5 Å². The van der Waals surface area contributed by atoms with Crippen LogP contribution in [-0.4, -0.2) is 9.97 Å². The molecule has 2 heterocycles. The third-order valence-corrected chi connectivity index (χ3v) is 4.88. The zero-order valence-corrected chi connectivity index (χ0v) is 11.9. The molecule has 3 aromatic rings. The van der Waals surface area contributed by atoms with Crippen LogP contribution in [0.1, 0.15) is 29.1 Å². The first-order valence-electron chi connectivity index (χ1n) is 6.44. The number of nitrogens with zero attached hydrogens (tertiary/aromatic N) is 1. The van der Waals surface area contributed by atoms with E-state index in [2.05, 4.69) is 53.4 Å². The lowest BCUT2D eigenvalue weighted by molar-refractivity contribution is 0.575. The van der Waals surface area contributed by atoms with Gasteiger partial charge in [-0.2, -0.15) is 0 Å². The number of rotatable bonds is 4. The van der Waals surface area contributed by atoms with Gasteiger partial charge in [-0.15, -0.1) is 11.3 Å². The van der Waals surface area contributed by atoms with Gasteiger partial charge in [0.1, 0.15) is 0 Å². The quantitative estimate of drug-likeness (QED) is 0.758. The molecule has 0 fully saturated rings. The van der Waals surface area contributed by atoms with Gasteiger partial charge in [0.2, 0.25) is 0 Å². The number of H-pyrrole nitrogens is 1. The van der Waals surface area contributed by atoms with E-state index in [-0.39, 0.29) is 0 Å². The maximum atomic E-state index is 4.03. The Balaban J connectivity index is 1.81. The summed E-state index contributed by atoms with van der Waals surface area (Å²) in [4.78, 5) is 8.56. The van der Waals surface area contributed by atoms with Gasteiger partial charge in [-0.25, -0.2) is 4.98 Å². The fourth-order valence-electron chi connectivity index (χ4n) is 2.34. The summed E-state index contributed by atoms with van der Waals surface area (Å²) in [6, 6.07) is 8.95. The molecule has 1 aromatic carbocycles. The van der Waals surface area contributed by atoms with Crippen molar-refractivity contribution in [3.63, 3.8) is 0 Å². The first kappa shape index (κ1) is 12.4. The van der Waals surface area contributed by atoms with E-state index in [0.717, 1.165) is 12.2 Å². The summed E-state index contributed by atoms with van der Waals surface area (Å²) in [6.45, 7) is 5.24. The topological polar surface area (TPSA) is 40.7 Å². The Hall–Kier alpha value is -1.65. The van der Waals surface area contributed by atoms with Gasteiger partial charge in [0.15, 0.2) is 0 Å². The maximum absolute atomic E-state index is 4.03. The lowest BCUT2D eigenvalue weighted by Gasteiger charge is -2.12. The zero-order chi connectivity index (χ0) is 13.2. The standard InChI is InChI=1S/C15H17N3S/c1-10-13-5-3-4-6-14(13)19-15(10)11(2)17-8-12-7-16-9-18-12/h3-7,9,11,17H,8H2,1-2H3,(H,16,18). The van der Waals surface area contributed by atoms with Gasteiger partial charge in [0.05, 0.1) is 6.33 Å². The van der Waals surface area contributed by atoms with Crippen molar-refractivity contribution >= 4 is 21.4 Å². The molecule has 2 aromatic heterocycles. The molecule has 0 aliphatic carbocycles. The second-order valence-corrected chi connectivity index (χ2v) is 5.85. The SMILES string of the molecule is Cc1c(C(C)NCc2cnc[nH]2)sc2ccccc12. The molecule has 0 bridgehead atoms. The molecule has 0 spiro atoms. The number of nitrogens with one attached hydrogen (secondary N) is 2. The van der Waals surface area contributed by atoms with Crippen molar-refractivity contribution in [1.29, 1.82) is 0 Å². The molecule has 0 saturated carbocycles. The molecule has 19 heavy (non-hydrogen) atoms. The Morgan fingerprint density at radius 1 is 1.37 bits per heavy atom. The molecule has 0 aliphatic heterocycles. The minimum Gasteiger partial charge on any atom is -0.347 e. The van der Waals surface area contributed by atoms with Crippen molar-refractivity contribution in [2.45, 2.75) is 26.4 Å². The summed E-state index contributed by atoms with van der Waals surface area (Å²) in [7, 11) is 0. The van der Waals surface area contributed by atoms with Crippen molar-refractivity contribution < 1.29 is 0 Å². The minimum absolute atomic E-state index is 0.348. The number of fused-ring (bicyclic) bond motifs is 1. The number of imidazole rings is 1. The molecule has 3 rings (SSSR count). The second kappa shape index (κ2) is 5.15. The van der Waals surface area contributed by atoms with Gasteiger partial charge in [-0.1, -0.05) is 18.2 Å². The van der Waals surface area contributed by atoms with Crippen LogP contribution in [0.25, 0.3) is 10.1 Å². The fraction of sp³-hybridized carbons (Fsp3) is 0.267. The first-order chi connectivity index (χ1) is 9.25. The predicted octanol–water partition coefficient (Wildman–Crippen LogP) is 3.78. The molecule has 0 aliphatic rings. The van der Waals surface area contributed by atoms with Crippen LogP contribution in [0.15, 0.2) is 36.8 Å². The van der Waals surface area contributed by atoms with Gasteiger partial charge in [0, 0.05) is 34.1 Å². The third-order valence-electron chi connectivity index (χ3n) is 3.43. The van der Waals surface area contributed by atoms with Crippen LogP contribution in [0, 0.1) is 6.92 Å². The Morgan fingerprint density at radius 3 is 2.95 bits per heavy atom. The molecular weight excluding hydrogens is 254 g/mol. The molecule has 0 saturated heterocycles. The molecule has 0 radical (unpaired) electrons. The highest BCUT2D eigenvalue weighted by atomic mass is 32.1. The van der Waals surface area contributed by atoms with Crippen LogP contribution in [0.3, 0.4) is 0 Å². The van der Waals surface area contributed by atoms with E-state index in [1.807, 2.05) is 17.5 Å². The minimum atomic E-state index is 0.348. The molecule has 1 unspecified atom stereocenters. The monoisotopic (exact) mass is 271 g/mol. The Kier molecular flexibility index (Phi) is 3.36. The van der Waals surface area contributed by atoms with Crippen molar-refractivity contribution in [2.75, 3.05) is 0 Å². The summed E-state index contributed by atoms with van der Waals surface area (Å²) in [5.74, 6) is 0. The van der Waals surface area contributed by atoms with E-state index in [1.54, 1.807) is 6.33 Å². The lowest BCUT2D eigenvalue weighted by Crippen LogP contribution is -2.17. The highest BCUT2D eigenvalue weighted by Gasteiger charge is 2.13. The maximum Gasteiger partial charge on any atom is 0.0922 e. The van der Waals surface area contributed by atoms with E-state index in [0.29, 0.717) is 6.04 Å². The second-order valence-electron chi connectivity index (χ2n) is 4.77. The molecule has 98 valence electrons. The number of aryl methyl sites for hydroxylation is 1. The number of hydrogen-bond acceptors (Lipinski definition) is 3. The van der Waals surface area contributed by atoms with Crippen LogP contribution in [0.5, 0.6) is 0 Å². The Labute approximate surface area is 116 Å². The van der Waals surface area contributed by atoms with Crippen LogP contribution in [0.4, 0.5) is 0 Å². The lowest BCUT2D eigenvalue weighted by atomic mass is 10.1. The van der Waals surface area contributed by atoms with Crippen LogP contribution in [-0.2, 0) is 6.54 Å². The smallest absolute Gasteiger partial charge is 0.0922 e. The molecule has 4 heteroatoms. The van der Waals surface area contributed by atoms with E-state index in [4.69, 9.17) is 0 Å². The summed E-state index contributed by atoms with van der Waals surface area (Å²) in [5.41, 5.74) is 2.51. The highest BCUT2D eigenvalue weighted by Crippen LogP contribution is 2.34. The Bertz CT molecular complexity index is 670. The number of thiophene rings is 1. The molecule has 0 amide bonds. The van der Waals surface area contributed by atoms with Crippen LogP contribution < -0.4 is 5.32 Å².